The Morgan fingerprint density at radius 2 is 1.75 bits per heavy atom. The Morgan fingerprint density at radius 1 is 1.21 bits per heavy atom. The molecule has 0 aromatic carbocycles. The van der Waals surface area contributed by atoms with Crippen molar-refractivity contribution in [1.29, 1.82) is 0 Å². The average Bonchev–Trinajstić information content (AvgIpc) is 2.60. The first-order chi connectivity index (χ1) is 10.7. The van der Waals surface area contributed by atoms with Crippen molar-refractivity contribution in [2.45, 2.75) is 78.2 Å². The zero-order chi connectivity index (χ0) is 19.0. The van der Waals surface area contributed by atoms with Gasteiger partial charge in [0.05, 0.1) is 12.1 Å². The van der Waals surface area contributed by atoms with E-state index >= 15 is 0 Å². The molecular formula is C18H34N2O4. The fourth-order valence-electron chi connectivity index (χ4n) is 2.93. The summed E-state index contributed by atoms with van der Waals surface area (Å²) in [5.74, 6) is -1.61. The van der Waals surface area contributed by atoms with Gasteiger partial charge in [-0.25, -0.2) is 4.79 Å². The van der Waals surface area contributed by atoms with Crippen LogP contribution in [0, 0.1) is 5.41 Å². The molecule has 0 aromatic heterocycles. The molecule has 140 valence electrons. The minimum absolute atomic E-state index is 0.141. The zero-order valence-electron chi connectivity index (χ0n) is 16.7. The summed E-state index contributed by atoms with van der Waals surface area (Å²) in [4.78, 5) is 26.9. The first kappa shape index (κ1) is 20.9. The van der Waals surface area contributed by atoms with Crippen LogP contribution in [0.1, 0.15) is 61.3 Å². The molecule has 0 unspecified atom stereocenters. The second-order valence-electron chi connectivity index (χ2n) is 8.59. The molecular weight excluding hydrogens is 308 g/mol. The van der Waals surface area contributed by atoms with Crippen molar-refractivity contribution in [2.24, 2.45) is 5.41 Å². The summed E-state index contributed by atoms with van der Waals surface area (Å²) in [7, 11) is 3.66. The van der Waals surface area contributed by atoms with Crippen LogP contribution in [0.15, 0.2) is 0 Å². The van der Waals surface area contributed by atoms with Crippen LogP contribution < -0.4 is 5.32 Å². The van der Waals surface area contributed by atoms with E-state index in [4.69, 9.17) is 9.47 Å². The van der Waals surface area contributed by atoms with Gasteiger partial charge >= 0.3 is 5.97 Å². The lowest BCUT2D eigenvalue weighted by atomic mass is 9.78. The number of amides is 1. The van der Waals surface area contributed by atoms with Gasteiger partial charge in [-0.05, 0) is 34.4 Å². The van der Waals surface area contributed by atoms with Crippen LogP contribution >= 0.6 is 0 Å². The van der Waals surface area contributed by atoms with Crippen LogP contribution in [-0.2, 0) is 19.1 Å². The van der Waals surface area contributed by atoms with Crippen LogP contribution in [0.25, 0.3) is 0 Å². The van der Waals surface area contributed by atoms with Gasteiger partial charge in [-0.2, -0.15) is 0 Å². The van der Waals surface area contributed by atoms with Crippen LogP contribution in [-0.4, -0.2) is 54.3 Å². The molecule has 6 heteroatoms. The number of cyclic esters (lactones) is 1. The number of hydrogen-bond donors (Lipinski definition) is 1. The normalized spacial score (nSPS) is 30.2. The fourth-order valence-corrected chi connectivity index (χ4v) is 2.93. The number of rotatable bonds is 6. The van der Waals surface area contributed by atoms with Crippen molar-refractivity contribution < 1.29 is 19.1 Å². The lowest BCUT2D eigenvalue weighted by Gasteiger charge is -2.43. The van der Waals surface area contributed by atoms with Crippen molar-refractivity contribution in [2.75, 3.05) is 20.6 Å². The highest BCUT2D eigenvalue weighted by atomic mass is 16.8. The number of nitrogens with zero attached hydrogens (tertiary/aromatic N) is 1. The van der Waals surface area contributed by atoms with Gasteiger partial charge in [-0.1, -0.05) is 34.1 Å². The third-order valence-electron chi connectivity index (χ3n) is 5.12. The van der Waals surface area contributed by atoms with Gasteiger partial charge in [-0.15, -0.1) is 0 Å². The van der Waals surface area contributed by atoms with Crippen LogP contribution in [0.5, 0.6) is 0 Å². The topological polar surface area (TPSA) is 67.9 Å². The maximum atomic E-state index is 12.8. The molecule has 0 aliphatic carbocycles. The molecule has 0 radical (unpaired) electrons. The van der Waals surface area contributed by atoms with Crippen LogP contribution in [0.2, 0.25) is 0 Å². The van der Waals surface area contributed by atoms with E-state index in [9.17, 15) is 9.59 Å². The molecule has 0 spiro atoms. The summed E-state index contributed by atoms with van der Waals surface area (Å²) < 4.78 is 11.9. The van der Waals surface area contributed by atoms with Gasteiger partial charge in [-0.3, -0.25) is 4.79 Å². The fraction of sp³-hybridized carbons (Fsp3) is 0.889. The third-order valence-corrected chi connectivity index (χ3v) is 5.12. The summed E-state index contributed by atoms with van der Waals surface area (Å²) in [6.45, 7) is 13.5. The summed E-state index contributed by atoms with van der Waals surface area (Å²) in [6, 6.07) is 0. The van der Waals surface area contributed by atoms with Gasteiger partial charge in [0, 0.05) is 12.3 Å². The predicted octanol–water partition coefficient (Wildman–Crippen LogP) is 2.32. The maximum absolute atomic E-state index is 12.8. The number of hydrogen-bond acceptors (Lipinski definition) is 5. The molecule has 24 heavy (non-hydrogen) atoms. The highest BCUT2D eigenvalue weighted by Gasteiger charge is 2.65. The van der Waals surface area contributed by atoms with E-state index in [1.54, 1.807) is 18.7 Å². The number of nitrogens with one attached hydrogen (secondary N) is 1. The Bertz CT molecular complexity index is 500. The van der Waals surface area contributed by atoms with E-state index in [-0.39, 0.29) is 17.9 Å². The molecule has 1 fully saturated rings. The summed E-state index contributed by atoms with van der Waals surface area (Å²) in [6.07, 6.45) is 1.41. The monoisotopic (exact) mass is 342 g/mol. The molecule has 0 saturated carbocycles. The van der Waals surface area contributed by atoms with E-state index in [2.05, 4.69) is 5.32 Å². The largest absolute Gasteiger partial charge is 0.431 e. The molecule has 1 amide bonds. The lowest BCUT2D eigenvalue weighted by molar-refractivity contribution is -0.240. The van der Waals surface area contributed by atoms with Crippen molar-refractivity contribution in [3.05, 3.63) is 0 Å². The predicted molar refractivity (Wildman–Crippen MR) is 93.5 cm³/mol. The molecule has 1 saturated heterocycles. The molecule has 3 atom stereocenters. The van der Waals surface area contributed by atoms with Gasteiger partial charge in [0.15, 0.2) is 5.60 Å². The minimum atomic E-state index is -1.24. The van der Waals surface area contributed by atoms with Gasteiger partial charge in [0.2, 0.25) is 11.7 Å². The Labute approximate surface area is 146 Å². The van der Waals surface area contributed by atoms with Crippen molar-refractivity contribution >= 4 is 11.9 Å². The highest BCUT2D eigenvalue weighted by Crippen LogP contribution is 2.48. The molecule has 1 heterocycles. The Balaban J connectivity index is 3.18. The summed E-state index contributed by atoms with van der Waals surface area (Å²) in [5, 5.41) is 3.02. The van der Waals surface area contributed by atoms with E-state index < -0.39 is 22.9 Å². The maximum Gasteiger partial charge on any atom is 0.343 e. The van der Waals surface area contributed by atoms with E-state index in [1.165, 1.54) is 0 Å². The number of esters is 1. The van der Waals surface area contributed by atoms with Gasteiger partial charge in [0.25, 0.3) is 0 Å². The van der Waals surface area contributed by atoms with Crippen molar-refractivity contribution in [1.82, 2.24) is 10.2 Å². The van der Waals surface area contributed by atoms with Crippen molar-refractivity contribution in [3.8, 4) is 0 Å². The van der Waals surface area contributed by atoms with Crippen LogP contribution in [0.3, 0.4) is 0 Å². The molecule has 1 aliphatic rings. The number of likely N-dealkylation sites (N-methyl/N-ethyl adjacent to an activating group) is 1. The minimum Gasteiger partial charge on any atom is -0.431 e. The number of carbonyl (C=O) groups is 2. The summed E-state index contributed by atoms with van der Waals surface area (Å²) >= 11 is 0. The average molecular weight is 342 g/mol. The van der Waals surface area contributed by atoms with Crippen molar-refractivity contribution in [3.63, 3.8) is 0 Å². The molecule has 1 rings (SSSR count). The standard InChI is InChI=1S/C18H34N2O4/c1-10-11-16(5,19-13(21)12-20(8)9)17(6)14(22)23-18(7,24-17)15(2,3)4/h10-12H2,1-9H3,(H,19,21)/t16-,17+,18-/m1/s1. The van der Waals surface area contributed by atoms with Gasteiger partial charge in [0.1, 0.15) is 0 Å². The Hall–Kier alpha value is -1.14. The first-order valence-electron chi connectivity index (χ1n) is 8.60. The highest BCUT2D eigenvalue weighted by molar-refractivity contribution is 5.86. The second kappa shape index (κ2) is 6.64. The lowest BCUT2D eigenvalue weighted by Crippen LogP contribution is -2.65. The SMILES string of the molecule is CCC[C@@](C)(NC(=O)CN(C)C)[C@@]1(C)O[C@](C)(C(C)(C)C)OC1=O. The summed E-state index contributed by atoms with van der Waals surface area (Å²) in [5.41, 5.74) is -2.48. The zero-order valence-corrected chi connectivity index (χ0v) is 16.7. The third kappa shape index (κ3) is 3.75. The Morgan fingerprint density at radius 3 is 2.12 bits per heavy atom. The Kier molecular flexibility index (Phi) is 5.78. The van der Waals surface area contributed by atoms with Crippen LogP contribution in [0.4, 0.5) is 0 Å². The number of carbonyl (C=O) groups excluding carboxylic acids is 2. The van der Waals surface area contributed by atoms with E-state index in [0.717, 1.165) is 6.42 Å². The smallest absolute Gasteiger partial charge is 0.343 e. The molecule has 1 N–H and O–H groups in total. The first-order valence-corrected chi connectivity index (χ1v) is 8.60. The van der Waals surface area contributed by atoms with Gasteiger partial charge < -0.3 is 19.7 Å². The van der Waals surface area contributed by atoms with E-state index in [0.29, 0.717) is 6.42 Å². The second-order valence-corrected chi connectivity index (χ2v) is 8.59. The molecule has 1 aliphatic heterocycles. The van der Waals surface area contributed by atoms with E-state index in [1.807, 2.05) is 48.7 Å². The quantitative estimate of drug-likeness (QED) is 0.750. The molecule has 0 aromatic rings. The number of ether oxygens (including phenoxy) is 2. The molecule has 6 nitrogen and oxygen atoms in total. The molecule has 0 bridgehead atoms.